The normalized spacial score (nSPS) is 24.6. The summed E-state index contributed by atoms with van der Waals surface area (Å²) in [4.78, 5) is 10.8. The van der Waals surface area contributed by atoms with Crippen molar-refractivity contribution in [2.24, 2.45) is 0 Å². The summed E-state index contributed by atoms with van der Waals surface area (Å²) < 4.78 is 4.80. The molecule has 1 aliphatic heterocycles. The number of carbonyl (C=O) groups excluding carboxylic acids is 1. The molecule has 1 aliphatic rings. The molecule has 0 aromatic rings. The second-order valence-corrected chi connectivity index (χ2v) is 2.77. The number of alkyl halides is 1. The van der Waals surface area contributed by atoms with Crippen molar-refractivity contribution in [2.75, 3.05) is 0 Å². The number of allylic oxidation sites excluding steroid dienone is 1. The van der Waals surface area contributed by atoms with Crippen LogP contribution in [0.3, 0.4) is 0 Å². The summed E-state index contributed by atoms with van der Waals surface area (Å²) in [5.41, 5.74) is -0.425. The smallest absolute Gasteiger partial charge is 0.281 e. The van der Waals surface area contributed by atoms with Crippen molar-refractivity contribution in [3.63, 3.8) is 0 Å². The lowest BCUT2D eigenvalue weighted by Crippen LogP contribution is -2.36. The lowest BCUT2D eigenvalue weighted by molar-refractivity contribution is -0.126. The SMILES string of the molecule is CCC1=C(Cl)OC(Cl)C(=O)N1. The van der Waals surface area contributed by atoms with Crippen LogP contribution in [0.4, 0.5) is 0 Å². The monoisotopic (exact) mass is 195 g/mol. The van der Waals surface area contributed by atoms with Crippen LogP contribution in [-0.2, 0) is 9.53 Å². The molecule has 0 aromatic heterocycles. The third kappa shape index (κ3) is 1.79. The number of amides is 1. The third-order valence-electron chi connectivity index (χ3n) is 1.28. The van der Waals surface area contributed by atoms with Gasteiger partial charge in [-0.1, -0.05) is 18.5 Å². The molecule has 0 radical (unpaired) electrons. The van der Waals surface area contributed by atoms with E-state index in [1.165, 1.54) is 0 Å². The standard InChI is InChI=1S/C6H7Cl2NO2/c1-2-3-4(7)11-5(8)6(10)9-3/h5H,2H2,1H3,(H,9,10). The highest BCUT2D eigenvalue weighted by molar-refractivity contribution is 6.33. The van der Waals surface area contributed by atoms with Gasteiger partial charge in [-0.05, 0) is 18.0 Å². The van der Waals surface area contributed by atoms with Crippen LogP contribution >= 0.6 is 23.2 Å². The van der Waals surface area contributed by atoms with Crippen molar-refractivity contribution in [1.29, 1.82) is 0 Å². The molecule has 1 unspecified atom stereocenters. The Labute approximate surface area is 74.3 Å². The molecule has 0 aliphatic carbocycles. The Morgan fingerprint density at radius 3 is 2.91 bits per heavy atom. The average molecular weight is 196 g/mol. The van der Waals surface area contributed by atoms with Crippen LogP contribution in [-0.4, -0.2) is 11.5 Å². The molecule has 1 atom stereocenters. The molecule has 1 heterocycles. The van der Waals surface area contributed by atoms with E-state index in [1.807, 2.05) is 6.92 Å². The molecule has 11 heavy (non-hydrogen) atoms. The van der Waals surface area contributed by atoms with E-state index < -0.39 is 5.56 Å². The van der Waals surface area contributed by atoms with Crippen molar-refractivity contribution >= 4 is 29.1 Å². The first kappa shape index (κ1) is 8.68. The number of rotatable bonds is 1. The van der Waals surface area contributed by atoms with Crippen molar-refractivity contribution in [2.45, 2.75) is 18.9 Å². The van der Waals surface area contributed by atoms with Crippen LogP contribution in [0, 0.1) is 0 Å². The zero-order valence-electron chi connectivity index (χ0n) is 5.86. The largest absolute Gasteiger partial charge is 0.452 e. The zero-order chi connectivity index (χ0) is 8.43. The molecular formula is C6H7Cl2NO2. The molecule has 0 saturated heterocycles. The van der Waals surface area contributed by atoms with Crippen molar-refractivity contribution in [3.05, 3.63) is 10.9 Å². The van der Waals surface area contributed by atoms with Gasteiger partial charge in [-0.25, -0.2) is 0 Å². The van der Waals surface area contributed by atoms with Gasteiger partial charge in [0.05, 0.1) is 5.70 Å². The number of hydrogen-bond acceptors (Lipinski definition) is 2. The lowest BCUT2D eigenvalue weighted by atomic mass is 10.3. The number of carbonyl (C=O) groups is 1. The van der Waals surface area contributed by atoms with Gasteiger partial charge in [0.2, 0.25) is 5.22 Å². The maximum atomic E-state index is 10.8. The molecule has 1 amide bonds. The van der Waals surface area contributed by atoms with Crippen molar-refractivity contribution < 1.29 is 9.53 Å². The minimum absolute atomic E-state index is 0.173. The summed E-state index contributed by atoms with van der Waals surface area (Å²) in [6.07, 6.45) is 0.619. The van der Waals surface area contributed by atoms with Gasteiger partial charge < -0.3 is 10.1 Å². The van der Waals surface area contributed by atoms with E-state index in [0.29, 0.717) is 12.1 Å². The van der Waals surface area contributed by atoms with Crippen molar-refractivity contribution in [3.8, 4) is 0 Å². The van der Waals surface area contributed by atoms with Crippen LogP contribution in [0.5, 0.6) is 0 Å². The molecule has 0 fully saturated rings. The first-order chi connectivity index (χ1) is 5.15. The first-order valence-corrected chi connectivity index (χ1v) is 3.96. The fourth-order valence-corrected chi connectivity index (χ4v) is 1.16. The summed E-state index contributed by atoms with van der Waals surface area (Å²) in [5.74, 6) is -0.368. The summed E-state index contributed by atoms with van der Waals surface area (Å²) in [6, 6.07) is 0. The minimum atomic E-state index is -1.00. The highest BCUT2D eigenvalue weighted by Crippen LogP contribution is 2.20. The molecule has 0 aromatic carbocycles. The van der Waals surface area contributed by atoms with E-state index in [1.54, 1.807) is 0 Å². The summed E-state index contributed by atoms with van der Waals surface area (Å²) in [5, 5.41) is 2.69. The van der Waals surface area contributed by atoms with Gasteiger partial charge >= 0.3 is 0 Å². The fraction of sp³-hybridized carbons (Fsp3) is 0.500. The molecular weight excluding hydrogens is 189 g/mol. The van der Waals surface area contributed by atoms with Gasteiger partial charge in [-0.2, -0.15) is 0 Å². The number of ether oxygens (including phenoxy) is 1. The van der Waals surface area contributed by atoms with Crippen LogP contribution in [0.25, 0.3) is 0 Å². The zero-order valence-corrected chi connectivity index (χ0v) is 7.37. The number of hydrogen-bond donors (Lipinski definition) is 1. The van der Waals surface area contributed by atoms with Gasteiger partial charge in [0.25, 0.3) is 11.5 Å². The molecule has 1 rings (SSSR count). The third-order valence-corrected chi connectivity index (χ3v) is 1.88. The predicted octanol–water partition coefficient (Wildman–Crippen LogP) is 1.52. The first-order valence-electron chi connectivity index (χ1n) is 3.15. The predicted molar refractivity (Wildman–Crippen MR) is 42.0 cm³/mol. The molecule has 5 heteroatoms. The Morgan fingerprint density at radius 1 is 1.73 bits per heavy atom. The van der Waals surface area contributed by atoms with Crippen LogP contribution in [0.15, 0.2) is 10.9 Å². The highest BCUT2D eigenvalue weighted by atomic mass is 35.5. The van der Waals surface area contributed by atoms with E-state index in [2.05, 4.69) is 5.32 Å². The summed E-state index contributed by atoms with van der Waals surface area (Å²) >= 11 is 11.0. The van der Waals surface area contributed by atoms with E-state index in [0.717, 1.165) is 0 Å². The molecule has 0 spiro atoms. The maximum Gasteiger partial charge on any atom is 0.281 e. The molecule has 3 nitrogen and oxygen atoms in total. The van der Waals surface area contributed by atoms with Crippen molar-refractivity contribution in [1.82, 2.24) is 5.32 Å². The van der Waals surface area contributed by atoms with Gasteiger partial charge in [-0.3, -0.25) is 4.79 Å². The van der Waals surface area contributed by atoms with Gasteiger partial charge in [0, 0.05) is 0 Å². The van der Waals surface area contributed by atoms with E-state index in [9.17, 15) is 4.79 Å². The minimum Gasteiger partial charge on any atom is -0.452 e. The van der Waals surface area contributed by atoms with E-state index in [-0.39, 0.29) is 11.1 Å². The number of halogens is 2. The Morgan fingerprint density at radius 2 is 2.36 bits per heavy atom. The van der Waals surface area contributed by atoms with Crippen LogP contribution in [0.2, 0.25) is 0 Å². The van der Waals surface area contributed by atoms with Crippen LogP contribution in [0.1, 0.15) is 13.3 Å². The fourth-order valence-electron chi connectivity index (χ4n) is 0.697. The molecule has 0 bridgehead atoms. The topological polar surface area (TPSA) is 38.3 Å². The Kier molecular flexibility index (Phi) is 2.62. The Balaban J connectivity index is 2.79. The van der Waals surface area contributed by atoms with E-state index >= 15 is 0 Å². The molecule has 0 saturated carbocycles. The second-order valence-electron chi connectivity index (χ2n) is 2.03. The van der Waals surface area contributed by atoms with Gasteiger partial charge in [0.15, 0.2) is 0 Å². The number of nitrogens with one attached hydrogen (secondary N) is 1. The Hall–Kier alpha value is -0.410. The quantitative estimate of drug-likeness (QED) is 0.645. The van der Waals surface area contributed by atoms with Crippen LogP contribution < -0.4 is 5.32 Å². The summed E-state index contributed by atoms with van der Waals surface area (Å²) in [7, 11) is 0. The lowest BCUT2D eigenvalue weighted by Gasteiger charge is -2.20. The van der Waals surface area contributed by atoms with Gasteiger partial charge in [0.1, 0.15) is 0 Å². The highest BCUT2D eigenvalue weighted by Gasteiger charge is 2.25. The molecule has 62 valence electrons. The second kappa shape index (κ2) is 3.32. The van der Waals surface area contributed by atoms with Gasteiger partial charge in [-0.15, -0.1) is 0 Å². The molecule has 1 N–H and O–H groups in total. The average Bonchev–Trinajstić information content (AvgIpc) is 1.97. The Bertz CT molecular complexity index is 215. The maximum absolute atomic E-state index is 10.8. The van der Waals surface area contributed by atoms with E-state index in [4.69, 9.17) is 27.9 Å². The summed E-state index contributed by atoms with van der Waals surface area (Å²) in [6.45, 7) is 1.86.